The average Bonchev–Trinajstić information content (AvgIpc) is 3.42. The van der Waals surface area contributed by atoms with Crippen molar-refractivity contribution in [2.45, 2.75) is 100 Å². The monoisotopic (exact) mass is 696 g/mol. The number of aliphatic hydroxyl groups excluding tert-OH is 1. The quantitative estimate of drug-likeness (QED) is 0.302. The first-order valence-corrected chi connectivity index (χ1v) is 16.5. The third-order valence-corrected chi connectivity index (χ3v) is 9.02. The Morgan fingerprint density at radius 2 is 1.21 bits per heavy atom. The molecule has 2 aliphatic carbocycles. The summed E-state index contributed by atoms with van der Waals surface area (Å²) in [5, 5.41) is 14.4. The molecule has 2 heterocycles. The van der Waals surface area contributed by atoms with E-state index in [1.807, 2.05) is 0 Å². The van der Waals surface area contributed by atoms with Gasteiger partial charge in [-0.15, -0.1) is 0 Å². The van der Waals surface area contributed by atoms with E-state index in [1.54, 1.807) is 19.9 Å². The van der Waals surface area contributed by atoms with Gasteiger partial charge >= 0.3 is 33.0 Å². The molecule has 0 aromatic carbocycles. The van der Waals surface area contributed by atoms with Gasteiger partial charge in [0.15, 0.2) is 0 Å². The van der Waals surface area contributed by atoms with Crippen LogP contribution < -0.4 is 16.5 Å². The number of allylic oxidation sites excluding steroid dienone is 1. The number of aliphatic hydroxyl groups is 1. The Kier molecular flexibility index (Phi) is 16.9. The van der Waals surface area contributed by atoms with E-state index in [-0.39, 0.29) is 58.7 Å². The number of aliphatic imine (C=N–C) groups is 1. The number of hydrogen-bond donors (Lipinski definition) is 4. The first kappa shape index (κ1) is 41.8. The SMILES string of the molecule is CC(=O)O.CC1=C(C(=O)OC2C(C)CC(C)CC2C)C(N)=N/C1=C\c1[n-]c(N)c(C(=O)OC2C(C)CC(C)CC2C)c1C.CO.[O]=[V]. The first-order chi connectivity index (χ1) is 22.0. The summed E-state index contributed by atoms with van der Waals surface area (Å²) in [6.45, 7) is 17.7. The van der Waals surface area contributed by atoms with Crippen molar-refractivity contribution in [3.8, 4) is 0 Å². The minimum absolute atomic E-state index is 0.125. The van der Waals surface area contributed by atoms with E-state index < -0.39 is 17.9 Å². The number of esters is 2. The van der Waals surface area contributed by atoms with Crippen LogP contribution in [-0.4, -0.2) is 53.3 Å². The topological polar surface area (TPSA) is 206 Å². The fourth-order valence-corrected chi connectivity index (χ4v) is 7.32. The number of carbonyl (C=O) groups is 3. The molecule has 1 aromatic heterocycles. The van der Waals surface area contributed by atoms with Crippen molar-refractivity contribution in [2.75, 3.05) is 12.8 Å². The molecule has 0 saturated heterocycles. The average molecular weight is 697 g/mol. The molecular formula is C34H53N4O8V-. The molecule has 4 rings (SSSR count). The van der Waals surface area contributed by atoms with Crippen LogP contribution in [0.2, 0.25) is 0 Å². The summed E-state index contributed by atoms with van der Waals surface area (Å²) in [6.07, 6.45) is 5.52. The first-order valence-electron chi connectivity index (χ1n) is 16.0. The zero-order valence-electron chi connectivity index (χ0n) is 29.4. The van der Waals surface area contributed by atoms with Crippen LogP contribution in [0.3, 0.4) is 0 Å². The molecular weight excluding hydrogens is 643 g/mol. The number of nitrogen functional groups attached to an aromatic ring is 1. The summed E-state index contributed by atoms with van der Waals surface area (Å²) in [5.74, 6) is 0.879. The van der Waals surface area contributed by atoms with Gasteiger partial charge < -0.3 is 36.1 Å². The van der Waals surface area contributed by atoms with Gasteiger partial charge in [0, 0.05) is 14.0 Å². The van der Waals surface area contributed by atoms with Gasteiger partial charge in [-0.3, -0.25) is 4.79 Å². The van der Waals surface area contributed by atoms with Gasteiger partial charge in [0.05, 0.1) is 11.3 Å². The van der Waals surface area contributed by atoms with Crippen molar-refractivity contribution >= 4 is 35.6 Å². The third kappa shape index (κ3) is 10.9. The van der Waals surface area contributed by atoms with Crippen molar-refractivity contribution in [3.05, 3.63) is 33.7 Å². The van der Waals surface area contributed by atoms with E-state index >= 15 is 0 Å². The molecule has 47 heavy (non-hydrogen) atoms. The van der Waals surface area contributed by atoms with Gasteiger partial charge in [-0.25, -0.2) is 14.6 Å². The number of carboxylic acids is 1. The molecule has 0 bridgehead atoms. The third-order valence-electron chi connectivity index (χ3n) is 9.02. The fourth-order valence-electron chi connectivity index (χ4n) is 7.32. The zero-order chi connectivity index (χ0) is 36.3. The number of carboxylic acid groups (broad SMARTS) is 1. The molecule has 1 aliphatic heterocycles. The molecule has 13 heteroatoms. The Bertz CT molecular complexity index is 1330. The molecule has 4 unspecified atom stereocenters. The van der Waals surface area contributed by atoms with Crippen LogP contribution in [-0.2, 0) is 40.1 Å². The Morgan fingerprint density at radius 1 is 0.830 bits per heavy atom. The van der Waals surface area contributed by atoms with E-state index in [4.69, 9.17) is 39.6 Å². The molecule has 0 amide bonds. The van der Waals surface area contributed by atoms with Gasteiger partial charge in [-0.2, -0.15) is 0 Å². The van der Waals surface area contributed by atoms with Gasteiger partial charge in [0.25, 0.3) is 5.97 Å². The van der Waals surface area contributed by atoms with Gasteiger partial charge in [-0.1, -0.05) is 47.4 Å². The Labute approximate surface area is 288 Å². The van der Waals surface area contributed by atoms with Crippen LogP contribution >= 0.6 is 0 Å². The minimum atomic E-state index is -0.833. The standard InChI is InChI=1S/C31H46N4O4.C2H4O2.CH4O.O.V/c1-14-9-16(3)26(17(4)10-14)38-30(36)24-20(7)22(34-28(24)32)13-23-21(8)25(29(33)35-23)31(37)39-27-18(5)11-15(2)12-19(27)6;1-2(3)4;1-2;;/h13-19,26-27H,9-12H2,1-8H3,(H5,32,33,34,35,36,37);1H3,(H,3,4);2H,1H3;;/p-1. The number of rotatable bonds is 5. The molecule has 2 fully saturated rings. The summed E-state index contributed by atoms with van der Waals surface area (Å²) in [4.78, 5) is 44.3. The van der Waals surface area contributed by atoms with Crippen LogP contribution in [0.25, 0.3) is 6.08 Å². The van der Waals surface area contributed by atoms with E-state index in [0.29, 0.717) is 34.4 Å². The second-order valence-corrected chi connectivity index (χ2v) is 13.2. The van der Waals surface area contributed by atoms with Crippen molar-refractivity contribution in [1.82, 2.24) is 4.98 Å². The number of nitrogens with zero attached hydrogens (tertiary/aromatic N) is 2. The Balaban J connectivity index is 0.00000126. The zero-order valence-corrected chi connectivity index (χ0v) is 30.8. The van der Waals surface area contributed by atoms with E-state index in [9.17, 15) is 9.59 Å². The molecule has 2 saturated carbocycles. The van der Waals surface area contributed by atoms with Crippen molar-refractivity contribution in [3.63, 3.8) is 0 Å². The number of aromatic nitrogens is 1. The summed E-state index contributed by atoms with van der Waals surface area (Å²) in [6, 6.07) is 0. The molecule has 3 aliphatic rings. The number of ether oxygens (including phenoxy) is 2. The number of aliphatic carboxylic acids is 1. The molecule has 263 valence electrons. The van der Waals surface area contributed by atoms with Crippen molar-refractivity contribution in [1.29, 1.82) is 0 Å². The molecule has 4 atom stereocenters. The predicted molar refractivity (Wildman–Crippen MR) is 176 cm³/mol. The van der Waals surface area contributed by atoms with Crippen LogP contribution in [0.5, 0.6) is 0 Å². The summed E-state index contributed by atoms with van der Waals surface area (Å²) in [7, 11) is 1.00. The van der Waals surface area contributed by atoms with Gasteiger partial charge in [0.1, 0.15) is 23.6 Å². The number of amidine groups is 1. The molecule has 0 radical (unpaired) electrons. The maximum absolute atomic E-state index is 13.2. The molecule has 6 N–H and O–H groups in total. The summed E-state index contributed by atoms with van der Waals surface area (Å²) in [5.41, 5.74) is 15.2. The van der Waals surface area contributed by atoms with Crippen molar-refractivity contribution in [2.24, 2.45) is 46.2 Å². The predicted octanol–water partition coefficient (Wildman–Crippen LogP) is 4.98. The number of nitrogens with two attached hydrogens (primary N) is 2. The number of carbonyl (C=O) groups excluding carboxylic acids is 2. The van der Waals surface area contributed by atoms with Crippen LogP contribution in [0.4, 0.5) is 5.82 Å². The van der Waals surface area contributed by atoms with Crippen LogP contribution in [0.1, 0.15) is 103 Å². The van der Waals surface area contributed by atoms with Crippen LogP contribution in [0.15, 0.2) is 21.8 Å². The van der Waals surface area contributed by atoms with Crippen LogP contribution in [0, 0.1) is 42.4 Å². The van der Waals surface area contributed by atoms with Gasteiger partial charge in [0.2, 0.25) is 0 Å². The number of anilines is 1. The van der Waals surface area contributed by atoms with Gasteiger partial charge in [-0.05, 0) is 97.9 Å². The maximum atomic E-state index is 13.2. The second kappa shape index (κ2) is 19.0. The molecule has 1 aromatic rings. The van der Waals surface area contributed by atoms with E-state index in [0.717, 1.165) is 57.1 Å². The second-order valence-electron chi connectivity index (χ2n) is 13.2. The van der Waals surface area contributed by atoms with Crippen molar-refractivity contribution < 1.29 is 55.1 Å². The molecule has 0 spiro atoms. The fraction of sp³-hybridized carbons (Fsp3) is 0.647. The summed E-state index contributed by atoms with van der Waals surface area (Å²) < 4.78 is 20.1. The Morgan fingerprint density at radius 3 is 1.62 bits per heavy atom. The summed E-state index contributed by atoms with van der Waals surface area (Å²) >= 11 is 1.06. The molecule has 12 nitrogen and oxygen atoms in total. The van der Waals surface area contributed by atoms with E-state index in [1.165, 1.54) is 0 Å². The number of hydrogen-bond acceptors (Lipinski definition) is 10. The van der Waals surface area contributed by atoms with E-state index in [2.05, 4.69) is 51.5 Å². The normalized spacial score (nSPS) is 29.1. The Hall–Kier alpha value is -3.22.